The van der Waals surface area contributed by atoms with Crippen molar-refractivity contribution in [1.82, 2.24) is 4.72 Å². The van der Waals surface area contributed by atoms with Crippen molar-refractivity contribution in [2.45, 2.75) is 13.5 Å². The summed E-state index contributed by atoms with van der Waals surface area (Å²) in [5.41, 5.74) is 3.59. The van der Waals surface area contributed by atoms with E-state index in [0.717, 1.165) is 21.8 Å². The predicted molar refractivity (Wildman–Crippen MR) is 110 cm³/mol. The molecule has 2 aromatic carbocycles. The highest BCUT2D eigenvalue weighted by Crippen LogP contribution is 2.19. The van der Waals surface area contributed by atoms with Crippen LogP contribution in [0.3, 0.4) is 0 Å². The summed E-state index contributed by atoms with van der Waals surface area (Å²) in [4.78, 5) is 10.8. The Morgan fingerprint density at radius 2 is 2.04 bits per heavy atom. The van der Waals surface area contributed by atoms with Crippen molar-refractivity contribution >= 4 is 41.2 Å². The van der Waals surface area contributed by atoms with Crippen LogP contribution in [0.1, 0.15) is 16.7 Å². The number of carbonyl (C=O) groups is 1. The topological polar surface area (TPSA) is 65.0 Å². The zero-order valence-electron chi connectivity index (χ0n) is 14.3. The number of hydrogen-bond acceptors (Lipinski definition) is 5. The predicted octanol–water partition coefficient (Wildman–Crippen LogP) is 4.82. The largest absolute Gasteiger partial charge is 0.380 e. The monoisotopic (exact) mass is 375 g/mol. The molecule has 2 aromatic rings. The van der Waals surface area contributed by atoms with Crippen molar-refractivity contribution in [3.05, 3.63) is 76.2 Å². The van der Waals surface area contributed by atoms with Gasteiger partial charge < -0.3 is 5.32 Å². The molecule has 0 aliphatic heterocycles. The second-order valence-corrected chi connectivity index (χ2v) is 6.40. The molecule has 0 unspecified atom stereocenters. The Hall–Kier alpha value is -2.08. The van der Waals surface area contributed by atoms with Gasteiger partial charge in [-0.1, -0.05) is 54.4 Å². The summed E-state index contributed by atoms with van der Waals surface area (Å²) >= 11 is 7.41. The summed E-state index contributed by atoms with van der Waals surface area (Å²) < 4.78 is 2.82. The van der Waals surface area contributed by atoms with Crippen molar-refractivity contribution in [3.63, 3.8) is 0 Å². The minimum atomic E-state index is -0.0269. The molecule has 2 rings (SSSR count). The zero-order chi connectivity index (χ0) is 18.7. The molecule has 0 saturated carbocycles. The van der Waals surface area contributed by atoms with E-state index in [1.165, 1.54) is 11.9 Å². The molecule has 0 aliphatic carbocycles. The van der Waals surface area contributed by atoms with E-state index >= 15 is 0 Å². The first kappa shape index (κ1) is 21.0. The molecule has 0 amide bonds. The molecular weight excluding hydrogens is 354 g/mol. The second kappa shape index (κ2) is 11.5. The zero-order valence-corrected chi connectivity index (χ0v) is 15.9. The van der Waals surface area contributed by atoms with Crippen molar-refractivity contribution in [3.8, 4) is 0 Å². The van der Waals surface area contributed by atoms with Crippen LogP contribution in [0.2, 0.25) is 5.02 Å². The van der Waals surface area contributed by atoms with Gasteiger partial charge in [0.1, 0.15) is 5.71 Å². The highest BCUT2D eigenvalue weighted by molar-refractivity contribution is 8.00. The molecule has 0 spiro atoms. The maximum absolute atomic E-state index is 10.8. The molecule has 6 heteroatoms. The first-order valence-corrected chi connectivity index (χ1v) is 8.84. The van der Waals surface area contributed by atoms with Crippen LogP contribution < -0.4 is 10.0 Å². The fraction of sp³-hybridized carbons (Fsp3) is 0.158. The quantitative estimate of drug-likeness (QED) is 0.368. The molecule has 0 aliphatic rings. The highest BCUT2D eigenvalue weighted by atomic mass is 35.5. The van der Waals surface area contributed by atoms with Crippen LogP contribution >= 0.6 is 23.5 Å². The Morgan fingerprint density at radius 3 is 2.60 bits per heavy atom. The number of halogens is 1. The Balaban J connectivity index is 0.000000550. The van der Waals surface area contributed by atoms with Crippen LogP contribution in [-0.2, 0) is 11.3 Å². The van der Waals surface area contributed by atoms with Crippen molar-refractivity contribution in [1.29, 1.82) is 5.41 Å². The third-order valence-corrected chi connectivity index (χ3v) is 3.95. The van der Waals surface area contributed by atoms with E-state index in [9.17, 15) is 4.79 Å². The molecule has 4 nitrogen and oxygen atoms in total. The first-order valence-electron chi connectivity index (χ1n) is 7.58. The fourth-order valence-electron chi connectivity index (χ4n) is 2.07. The molecule has 0 radical (unpaired) electrons. The number of anilines is 1. The number of para-hydroxylation sites is 1. The molecule has 0 bridgehead atoms. The average molecular weight is 376 g/mol. The maximum atomic E-state index is 10.8. The van der Waals surface area contributed by atoms with E-state index in [1.54, 1.807) is 11.5 Å². The van der Waals surface area contributed by atoms with E-state index < -0.39 is 0 Å². The highest BCUT2D eigenvalue weighted by Gasteiger charge is 2.07. The van der Waals surface area contributed by atoms with Gasteiger partial charge in [-0.25, -0.2) is 0 Å². The maximum Gasteiger partial charge on any atom is 0.168 e. The van der Waals surface area contributed by atoms with Crippen LogP contribution in [0.5, 0.6) is 0 Å². The molecular formula is C19H22ClN3OS. The lowest BCUT2D eigenvalue weighted by Gasteiger charge is -2.12. The molecule has 0 atom stereocenters. The van der Waals surface area contributed by atoms with E-state index in [-0.39, 0.29) is 5.71 Å². The normalized spacial score (nSPS) is 9.56. The molecule has 0 fully saturated rings. The number of aldehydes is 1. The summed E-state index contributed by atoms with van der Waals surface area (Å²) in [6.45, 7) is 6.07. The molecule has 0 saturated heterocycles. The van der Waals surface area contributed by atoms with Gasteiger partial charge in [0.2, 0.25) is 0 Å². The minimum absolute atomic E-state index is 0.0269. The van der Waals surface area contributed by atoms with Crippen molar-refractivity contribution in [2.75, 3.05) is 12.4 Å². The van der Waals surface area contributed by atoms with Crippen molar-refractivity contribution in [2.24, 2.45) is 0 Å². The second-order valence-electron chi connectivity index (χ2n) is 4.99. The van der Waals surface area contributed by atoms with Crippen LogP contribution in [-0.4, -0.2) is 19.0 Å². The number of carbonyl (C=O) groups excluding carboxylic acids is 1. The minimum Gasteiger partial charge on any atom is -0.380 e. The summed E-state index contributed by atoms with van der Waals surface area (Å²) in [7, 11) is 1.85. The van der Waals surface area contributed by atoms with Crippen molar-refractivity contribution < 1.29 is 4.79 Å². The van der Waals surface area contributed by atoms with Gasteiger partial charge in [-0.05, 0) is 48.7 Å². The van der Waals surface area contributed by atoms with Crippen LogP contribution in [0.15, 0.2) is 54.5 Å². The van der Waals surface area contributed by atoms with Gasteiger partial charge in [-0.3, -0.25) is 14.9 Å². The van der Waals surface area contributed by atoms with E-state index in [4.69, 9.17) is 17.0 Å². The first-order chi connectivity index (χ1) is 12.0. The molecule has 0 aromatic heterocycles. The Labute approximate surface area is 158 Å². The third-order valence-electron chi connectivity index (χ3n) is 3.31. The summed E-state index contributed by atoms with van der Waals surface area (Å²) in [6, 6.07) is 13.0. The van der Waals surface area contributed by atoms with Gasteiger partial charge >= 0.3 is 0 Å². The fourth-order valence-corrected chi connectivity index (χ4v) is 2.46. The summed E-state index contributed by atoms with van der Waals surface area (Å²) in [6.07, 6.45) is 0.550. The molecule has 25 heavy (non-hydrogen) atoms. The summed E-state index contributed by atoms with van der Waals surface area (Å²) in [5.74, 6) is 0. The lowest BCUT2D eigenvalue weighted by atomic mass is 10.1. The Morgan fingerprint density at radius 1 is 1.32 bits per heavy atom. The molecule has 0 heterocycles. The Kier molecular flexibility index (Phi) is 9.62. The van der Waals surface area contributed by atoms with Crippen LogP contribution in [0, 0.1) is 12.3 Å². The SMILES string of the molecule is C=CSNC.Cc1cc(Cl)ccc1CNc1ccccc1C(=N)C=O. The van der Waals surface area contributed by atoms with E-state index in [1.807, 2.05) is 50.4 Å². The number of rotatable bonds is 7. The van der Waals surface area contributed by atoms with Gasteiger partial charge in [0.25, 0.3) is 0 Å². The molecule has 3 N–H and O–H groups in total. The number of benzene rings is 2. The van der Waals surface area contributed by atoms with Crippen LogP contribution in [0.25, 0.3) is 0 Å². The number of hydrogen-bond donors (Lipinski definition) is 3. The lowest BCUT2D eigenvalue weighted by molar-refractivity contribution is -0.102. The summed E-state index contributed by atoms with van der Waals surface area (Å²) in [5, 5.41) is 13.4. The van der Waals surface area contributed by atoms with Gasteiger partial charge in [0.15, 0.2) is 6.29 Å². The third kappa shape index (κ3) is 7.13. The van der Waals surface area contributed by atoms with Crippen LogP contribution in [0.4, 0.5) is 5.69 Å². The van der Waals surface area contributed by atoms with Gasteiger partial charge in [-0.2, -0.15) is 0 Å². The van der Waals surface area contributed by atoms with Gasteiger partial charge in [0.05, 0.1) is 0 Å². The van der Waals surface area contributed by atoms with E-state index in [0.29, 0.717) is 18.4 Å². The lowest BCUT2D eigenvalue weighted by Crippen LogP contribution is -2.08. The Bertz CT molecular complexity index is 734. The molecule has 132 valence electrons. The average Bonchev–Trinajstić information content (AvgIpc) is 2.62. The number of aryl methyl sites for hydroxylation is 1. The van der Waals surface area contributed by atoms with Gasteiger partial charge in [0, 0.05) is 22.8 Å². The van der Waals surface area contributed by atoms with E-state index in [2.05, 4.69) is 16.6 Å². The van der Waals surface area contributed by atoms with Gasteiger partial charge in [-0.15, -0.1) is 0 Å². The smallest absolute Gasteiger partial charge is 0.168 e. The standard InChI is InChI=1S/C16H15ClN2O.C3H7NS/c1-11-8-13(17)7-6-12(11)9-19-16-5-3-2-4-14(16)15(18)10-20;1-3-5-4-2/h2-8,10,18-19H,9H2,1H3;3-4H,1H2,2H3. The number of nitrogens with one attached hydrogen (secondary N) is 3.